The van der Waals surface area contributed by atoms with Gasteiger partial charge in [0, 0.05) is 38.7 Å². The van der Waals surface area contributed by atoms with E-state index < -0.39 is 11.8 Å². The second-order valence-corrected chi connectivity index (χ2v) is 6.94. The Hall–Kier alpha value is -3.19. The van der Waals surface area contributed by atoms with E-state index in [2.05, 4.69) is 5.32 Å². The van der Waals surface area contributed by atoms with Gasteiger partial charge < -0.3 is 19.5 Å². The highest BCUT2D eigenvalue weighted by Gasteiger charge is 2.17. The highest BCUT2D eigenvalue weighted by Crippen LogP contribution is 2.16. The SMILES string of the molecule is COCCCN(Cc1cccn1Cc1cccc(F)c1)C(=O)Nc1ccccc1F. The Morgan fingerprint density at radius 2 is 1.93 bits per heavy atom. The zero-order valence-corrected chi connectivity index (χ0v) is 16.9. The summed E-state index contributed by atoms with van der Waals surface area (Å²) in [4.78, 5) is 14.5. The van der Waals surface area contributed by atoms with E-state index >= 15 is 0 Å². The number of carbonyl (C=O) groups excluding carboxylic acids is 1. The highest BCUT2D eigenvalue weighted by atomic mass is 19.1. The van der Waals surface area contributed by atoms with E-state index in [0.29, 0.717) is 32.7 Å². The number of hydrogen-bond acceptors (Lipinski definition) is 2. The number of halogens is 2. The number of para-hydroxylation sites is 1. The number of nitrogens with one attached hydrogen (secondary N) is 1. The predicted molar refractivity (Wildman–Crippen MR) is 112 cm³/mol. The average molecular weight is 413 g/mol. The van der Waals surface area contributed by atoms with Crippen molar-refractivity contribution in [3.8, 4) is 0 Å². The van der Waals surface area contributed by atoms with Gasteiger partial charge in [0.15, 0.2) is 0 Å². The summed E-state index contributed by atoms with van der Waals surface area (Å²) in [6, 6.07) is 15.9. The van der Waals surface area contributed by atoms with Crippen molar-refractivity contribution in [2.75, 3.05) is 25.6 Å². The molecule has 0 saturated heterocycles. The van der Waals surface area contributed by atoms with Gasteiger partial charge in [-0.2, -0.15) is 0 Å². The van der Waals surface area contributed by atoms with E-state index in [-0.39, 0.29) is 11.5 Å². The van der Waals surface area contributed by atoms with Crippen LogP contribution >= 0.6 is 0 Å². The maximum atomic E-state index is 13.9. The first kappa shape index (κ1) is 21.5. The van der Waals surface area contributed by atoms with Gasteiger partial charge in [0.2, 0.25) is 0 Å². The zero-order valence-electron chi connectivity index (χ0n) is 16.9. The predicted octanol–water partition coefficient (Wildman–Crippen LogP) is 4.89. The second kappa shape index (κ2) is 10.5. The van der Waals surface area contributed by atoms with Crippen molar-refractivity contribution < 1.29 is 18.3 Å². The molecule has 2 amide bonds. The lowest BCUT2D eigenvalue weighted by Gasteiger charge is -2.24. The Morgan fingerprint density at radius 3 is 2.70 bits per heavy atom. The topological polar surface area (TPSA) is 46.5 Å². The minimum Gasteiger partial charge on any atom is -0.385 e. The molecule has 0 radical (unpaired) electrons. The van der Waals surface area contributed by atoms with Gasteiger partial charge in [-0.3, -0.25) is 0 Å². The van der Waals surface area contributed by atoms with E-state index in [1.165, 1.54) is 24.3 Å². The van der Waals surface area contributed by atoms with Gasteiger partial charge in [0.05, 0.1) is 12.2 Å². The van der Waals surface area contributed by atoms with Crippen molar-refractivity contribution in [2.24, 2.45) is 0 Å². The molecule has 0 aliphatic heterocycles. The number of aromatic nitrogens is 1. The Kier molecular flexibility index (Phi) is 7.57. The summed E-state index contributed by atoms with van der Waals surface area (Å²) in [6.45, 7) is 1.76. The number of benzene rings is 2. The standard InChI is InChI=1S/C23H25F2N3O2/c1-30-14-6-13-28(23(29)26-22-11-3-2-10-21(22)25)17-20-9-5-12-27(20)16-18-7-4-8-19(24)15-18/h2-5,7-12,15H,6,13-14,16-17H2,1H3,(H,26,29). The number of nitrogens with zero attached hydrogens (tertiary/aromatic N) is 2. The summed E-state index contributed by atoms with van der Waals surface area (Å²) in [5.74, 6) is -0.774. The molecule has 3 aromatic rings. The van der Waals surface area contributed by atoms with E-state index in [4.69, 9.17) is 4.74 Å². The third kappa shape index (κ3) is 5.90. The summed E-state index contributed by atoms with van der Waals surface area (Å²) in [5.41, 5.74) is 1.85. The van der Waals surface area contributed by atoms with E-state index in [1.54, 1.807) is 30.2 Å². The van der Waals surface area contributed by atoms with Crippen molar-refractivity contribution >= 4 is 11.7 Å². The van der Waals surface area contributed by atoms with Gasteiger partial charge in [-0.05, 0) is 48.4 Å². The fourth-order valence-electron chi connectivity index (χ4n) is 3.18. The van der Waals surface area contributed by atoms with Crippen LogP contribution in [0.15, 0.2) is 66.9 Å². The first-order valence-corrected chi connectivity index (χ1v) is 9.74. The fourth-order valence-corrected chi connectivity index (χ4v) is 3.18. The number of ether oxygens (including phenoxy) is 1. The first-order chi connectivity index (χ1) is 14.6. The van der Waals surface area contributed by atoms with Crippen molar-refractivity contribution in [1.29, 1.82) is 0 Å². The van der Waals surface area contributed by atoms with Crippen LogP contribution in [0, 0.1) is 11.6 Å². The molecule has 3 rings (SSSR count). The molecule has 0 aliphatic rings. The largest absolute Gasteiger partial charge is 0.385 e. The van der Waals surface area contributed by atoms with Gasteiger partial charge in [-0.25, -0.2) is 13.6 Å². The molecule has 0 aliphatic carbocycles. The number of methoxy groups -OCH3 is 1. The molecule has 1 aromatic heterocycles. The van der Waals surface area contributed by atoms with E-state index in [9.17, 15) is 13.6 Å². The minimum atomic E-state index is -0.489. The average Bonchev–Trinajstić information content (AvgIpc) is 3.15. The van der Waals surface area contributed by atoms with Crippen LogP contribution in [0.5, 0.6) is 0 Å². The number of amides is 2. The van der Waals surface area contributed by atoms with Gasteiger partial charge in [0.25, 0.3) is 0 Å². The third-order valence-electron chi connectivity index (χ3n) is 4.70. The van der Waals surface area contributed by atoms with Crippen molar-refractivity contribution in [3.05, 3.63) is 89.8 Å². The Bertz CT molecular complexity index is 974. The molecular weight excluding hydrogens is 388 g/mol. The van der Waals surface area contributed by atoms with Gasteiger partial charge in [0.1, 0.15) is 11.6 Å². The van der Waals surface area contributed by atoms with Crippen molar-refractivity contribution in [1.82, 2.24) is 9.47 Å². The molecule has 1 heterocycles. The quantitative estimate of drug-likeness (QED) is 0.508. The number of rotatable bonds is 9. The summed E-state index contributed by atoms with van der Waals surface area (Å²) in [5, 5.41) is 2.64. The summed E-state index contributed by atoms with van der Waals surface area (Å²) in [6.07, 6.45) is 2.54. The van der Waals surface area contributed by atoms with Crippen molar-refractivity contribution in [3.63, 3.8) is 0 Å². The Labute approximate surface area is 174 Å². The molecule has 0 atom stereocenters. The van der Waals surface area contributed by atoms with Gasteiger partial charge in [-0.1, -0.05) is 24.3 Å². The molecule has 0 spiro atoms. The summed E-state index contributed by atoms with van der Waals surface area (Å²) >= 11 is 0. The van der Waals surface area contributed by atoms with Crippen LogP contribution < -0.4 is 5.32 Å². The molecule has 5 nitrogen and oxygen atoms in total. The van der Waals surface area contributed by atoms with Crippen LogP contribution in [-0.4, -0.2) is 35.8 Å². The monoisotopic (exact) mass is 413 g/mol. The summed E-state index contributed by atoms with van der Waals surface area (Å²) < 4.78 is 34.5. The van der Waals surface area contributed by atoms with Crippen LogP contribution in [0.3, 0.4) is 0 Å². The Morgan fingerprint density at radius 1 is 1.10 bits per heavy atom. The molecule has 0 bridgehead atoms. The molecule has 158 valence electrons. The zero-order chi connectivity index (χ0) is 21.3. The number of anilines is 1. The highest BCUT2D eigenvalue weighted by molar-refractivity contribution is 5.89. The molecule has 1 N–H and O–H groups in total. The third-order valence-corrected chi connectivity index (χ3v) is 4.70. The van der Waals surface area contributed by atoms with Crippen LogP contribution in [-0.2, 0) is 17.8 Å². The number of carbonyl (C=O) groups is 1. The van der Waals surface area contributed by atoms with Gasteiger partial charge >= 0.3 is 6.03 Å². The molecule has 2 aromatic carbocycles. The second-order valence-electron chi connectivity index (χ2n) is 6.94. The Balaban J connectivity index is 1.74. The smallest absolute Gasteiger partial charge is 0.322 e. The van der Waals surface area contributed by atoms with Crippen LogP contribution in [0.25, 0.3) is 0 Å². The summed E-state index contributed by atoms with van der Waals surface area (Å²) in [7, 11) is 1.61. The lowest BCUT2D eigenvalue weighted by Crippen LogP contribution is -2.36. The van der Waals surface area contributed by atoms with Gasteiger partial charge in [-0.15, -0.1) is 0 Å². The van der Waals surface area contributed by atoms with Crippen LogP contribution in [0.1, 0.15) is 17.7 Å². The lowest BCUT2D eigenvalue weighted by atomic mass is 10.2. The molecule has 0 fully saturated rings. The number of hydrogen-bond donors (Lipinski definition) is 1. The fraction of sp³-hybridized carbons (Fsp3) is 0.261. The lowest BCUT2D eigenvalue weighted by molar-refractivity contribution is 0.171. The molecule has 7 heteroatoms. The van der Waals surface area contributed by atoms with E-state index in [0.717, 1.165) is 11.3 Å². The van der Waals surface area contributed by atoms with Crippen LogP contribution in [0.2, 0.25) is 0 Å². The minimum absolute atomic E-state index is 0.134. The molecule has 0 saturated carbocycles. The maximum absolute atomic E-state index is 13.9. The molecular formula is C23H25F2N3O2. The molecule has 0 unspecified atom stereocenters. The van der Waals surface area contributed by atoms with Crippen molar-refractivity contribution in [2.45, 2.75) is 19.5 Å². The van der Waals surface area contributed by atoms with E-state index in [1.807, 2.05) is 29.0 Å². The normalized spacial score (nSPS) is 10.8. The molecule has 30 heavy (non-hydrogen) atoms. The maximum Gasteiger partial charge on any atom is 0.322 e. The number of urea groups is 1. The first-order valence-electron chi connectivity index (χ1n) is 9.74. The van der Waals surface area contributed by atoms with Crippen LogP contribution in [0.4, 0.5) is 19.3 Å².